The fourth-order valence-corrected chi connectivity index (χ4v) is 3.85. The third kappa shape index (κ3) is 3.39. The molecule has 0 atom stereocenters. The molecule has 1 aromatic heterocycles. The molecule has 1 aromatic carbocycles. The van der Waals surface area contributed by atoms with Crippen molar-refractivity contribution in [1.29, 1.82) is 0 Å². The molecule has 1 amide bonds. The first-order valence-electron chi connectivity index (χ1n) is 7.41. The molecular formula is C16H15FN2O3S. The van der Waals surface area contributed by atoms with Crippen LogP contribution in [-0.2, 0) is 12.8 Å². The lowest BCUT2D eigenvalue weighted by molar-refractivity contribution is -0.387. The minimum absolute atomic E-state index is 0.215. The van der Waals surface area contributed by atoms with Crippen molar-refractivity contribution in [3.8, 4) is 0 Å². The Labute approximate surface area is 136 Å². The fraction of sp³-hybridized carbons (Fsp3) is 0.312. The van der Waals surface area contributed by atoms with Crippen LogP contribution < -0.4 is 5.32 Å². The second kappa shape index (κ2) is 6.45. The quantitative estimate of drug-likeness (QED) is 0.516. The molecule has 0 bridgehead atoms. The number of amides is 1. The summed E-state index contributed by atoms with van der Waals surface area (Å²) in [5.74, 6) is -1.24. The number of fused-ring (bicyclic) bond motifs is 1. The van der Waals surface area contributed by atoms with Gasteiger partial charge in [-0.05, 0) is 49.4 Å². The molecule has 2 aromatic rings. The average Bonchev–Trinajstić information content (AvgIpc) is 2.80. The maximum atomic E-state index is 13.3. The third-order valence-corrected chi connectivity index (χ3v) is 5.11. The molecule has 0 spiro atoms. The molecule has 1 aliphatic rings. The average molecular weight is 334 g/mol. The predicted octanol–water partition coefficient (Wildman–Crippen LogP) is 4.32. The van der Waals surface area contributed by atoms with E-state index in [9.17, 15) is 19.3 Å². The van der Waals surface area contributed by atoms with Crippen molar-refractivity contribution in [3.63, 3.8) is 0 Å². The molecule has 0 unspecified atom stereocenters. The molecule has 0 saturated carbocycles. The largest absolute Gasteiger partial charge is 0.321 e. The molecule has 5 nitrogen and oxygen atoms in total. The van der Waals surface area contributed by atoms with Crippen molar-refractivity contribution < 1.29 is 14.1 Å². The molecule has 1 N–H and O–H groups in total. The minimum atomic E-state index is -0.921. The third-order valence-electron chi connectivity index (χ3n) is 3.87. The maximum Gasteiger partial charge on any atom is 0.306 e. The first kappa shape index (κ1) is 15.6. The monoisotopic (exact) mass is 334 g/mol. The summed E-state index contributed by atoms with van der Waals surface area (Å²) >= 11 is 1.47. The molecule has 120 valence electrons. The highest BCUT2D eigenvalue weighted by atomic mass is 32.1. The summed E-state index contributed by atoms with van der Waals surface area (Å²) in [6.07, 6.45) is 5.46. The number of thiophene rings is 1. The van der Waals surface area contributed by atoms with Gasteiger partial charge in [-0.1, -0.05) is 6.42 Å². The van der Waals surface area contributed by atoms with E-state index in [1.54, 1.807) is 0 Å². The van der Waals surface area contributed by atoms with E-state index in [2.05, 4.69) is 5.32 Å². The summed E-state index contributed by atoms with van der Waals surface area (Å²) in [7, 11) is 0. The van der Waals surface area contributed by atoms with E-state index in [0.717, 1.165) is 37.8 Å². The van der Waals surface area contributed by atoms with Crippen LogP contribution in [0.2, 0.25) is 0 Å². The standard InChI is InChI=1S/C16H15FN2O3S/c17-12-7-6-11(9-13(12)19(21)22)18-16(20)15-8-10-4-2-1-3-5-14(10)23-15/h6-9H,1-5H2,(H,18,20). The van der Waals surface area contributed by atoms with E-state index in [4.69, 9.17) is 0 Å². The van der Waals surface area contributed by atoms with E-state index in [1.165, 1.54) is 34.3 Å². The number of carbonyl (C=O) groups is 1. The van der Waals surface area contributed by atoms with E-state index in [0.29, 0.717) is 4.88 Å². The second-order valence-electron chi connectivity index (χ2n) is 5.50. The van der Waals surface area contributed by atoms with Crippen molar-refractivity contribution in [2.24, 2.45) is 0 Å². The molecule has 0 saturated heterocycles. The minimum Gasteiger partial charge on any atom is -0.321 e. The number of nitro benzene ring substituents is 1. The number of anilines is 1. The number of benzene rings is 1. The van der Waals surface area contributed by atoms with Gasteiger partial charge in [0.15, 0.2) is 0 Å². The van der Waals surface area contributed by atoms with Crippen LogP contribution in [0, 0.1) is 15.9 Å². The fourth-order valence-electron chi connectivity index (χ4n) is 2.70. The van der Waals surface area contributed by atoms with Crippen molar-refractivity contribution in [2.75, 3.05) is 5.32 Å². The first-order valence-corrected chi connectivity index (χ1v) is 8.23. The number of hydrogen-bond acceptors (Lipinski definition) is 4. The molecule has 7 heteroatoms. The van der Waals surface area contributed by atoms with E-state index < -0.39 is 16.4 Å². The molecule has 0 aliphatic heterocycles. The number of rotatable bonds is 3. The van der Waals surface area contributed by atoms with Crippen LogP contribution in [-0.4, -0.2) is 10.8 Å². The predicted molar refractivity (Wildman–Crippen MR) is 86.6 cm³/mol. The van der Waals surface area contributed by atoms with Crippen LogP contribution in [0.4, 0.5) is 15.8 Å². The molecule has 23 heavy (non-hydrogen) atoms. The van der Waals surface area contributed by atoms with E-state index in [1.807, 2.05) is 6.07 Å². The summed E-state index contributed by atoms with van der Waals surface area (Å²) in [5.41, 5.74) is 0.791. The zero-order chi connectivity index (χ0) is 16.4. The number of carbonyl (C=O) groups excluding carboxylic acids is 1. The van der Waals surface area contributed by atoms with Crippen LogP contribution in [0.25, 0.3) is 0 Å². The summed E-state index contributed by atoms with van der Waals surface area (Å²) < 4.78 is 13.3. The van der Waals surface area contributed by atoms with Gasteiger partial charge >= 0.3 is 5.69 Å². The summed E-state index contributed by atoms with van der Waals surface area (Å²) in [4.78, 5) is 24.1. The lowest BCUT2D eigenvalue weighted by Crippen LogP contribution is -2.10. The molecule has 0 fully saturated rings. The highest BCUT2D eigenvalue weighted by molar-refractivity contribution is 7.14. The molecule has 3 rings (SSSR count). The Morgan fingerprint density at radius 3 is 2.78 bits per heavy atom. The van der Waals surface area contributed by atoms with Gasteiger partial charge in [-0.25, -0.2) is 0 Å². The summed E-state index contributed by atoms with van der Waals surface area (Å²) in [6.45, 7) is 0. The molecule has 1 aliphatic carbocycles. The molecule has 1 heterocycles. The van der Waals surface area contributed by atoms with Crippen molar-refractivity contribution in [3.05, 3.63) is 55.5 Å². The Kier molecular flexibility index (Phi) is 4.38. The summed E-state index contributed by atoms with van der Waals surface area (Å²) in [6, 6.07) is 5.24. The van der Waals surface area contributed by atoms with Crippen molar-refractivity contribution in [1.82, 2.24) is 0 Å². The highest BCUT2D eigenvalue weighted by Gasteiger charge is 2.19. The van der Waals surface area contributed by atoms with Gasteiger partial charge in [0.2, 0.25) is 5.82 Å². The summed E-state index contributed by atoms with van der Waals surface area (Å²) in [5, 5.41) is 13.4. The highest BCUT2D eigenvalue weighted by Crippen LogP contribution is 2.30. The zero-order valence-electron chi connectivity index (χ0n) is 12.3. The Morgan fingerprint density at radius 2 is 2.00 bits per heavy atom. The lowest BCUT2D eigenvalue weighted by atomic mass is 10.1. The van der Waals surface area contributed by atoms with E-state index >= 15 is 0 Å². The van der Waals surface area contributed by atoms with Gasteiger partial charge < -0.3 is 5.32 Å². The van der Waals surface area contributed by atoms with Gasteiger partial charge in [0, 0.05) is 16.6 Å². The van der Waals surface area contributed by atoms with Crippen LogP contribution in [0.15, 0.2) is 24.3 Å². The van der Waals surface area contributed by atoms with Crippen LogP contribution in [0.1, 0.15) is 39.4 Å². The van der Waals surface area contributed by atoms with Gasteiger partial charge in [0.25, 0.3) is 5.91 Å². The smallest absolute Gasteiger partial charge is 0.306 e. The number of hydrogen-bond donors (Lipinski definition) is 1. The Hall–Kier alpha value is -2.28. The van der Waals surface area contributed by atoms with Gasteiger partial charge in [-0.15, -0.1) is 11.3 Å². The Balaban J connectivity index is 1.79. The van der Waals surface area contributed by atoms with Gasteiger partial charge in [-0.2, -0.15) is 4.39 Å². The SMILES string of the molecule is O=C(Nc1ccc(F)c([N+](=O)[O-])c1)c1cc2c(s1)CCCCC2. The van der Waals surface area contributed by atoms with Crippen LogP contribution in [0.5, 0.6) is 0 Å². The lowest BCUT2D eigenvalue weighted by Gasteiger charge is -2.04. The van der Waals surface area contributed by atoms with Gasteiger partial charge in [0.1, 0.15) is 0 Å². The van der Waals surface area contributed by atoms with Gasteiger partial charge in [-0.3, -0.25) is 14.9 Å². The first-order chi connectivity index (χ1) is 11.0. The Morgan fingerprint density at radius 1 is 1.22 bits per heavy atom. The van der Waals surface area contributed by atoms with Crippen molar-refractivity contribution in [2.45, 2.75) is 32.1 Å². The van der Waals surface area contributed by atoms with E-state index in [-0.39, 0.29) is 11.6 Å². The number of halogens is 1. The number of aryl methyl sites for hydroxylation is 2. The number of nitro groups is 1. The molecular weight excluding hydrogens is 319 g/mol. The topological polar surface area (TPSA) is 72.2 Å². The van der Waals surface area contributed by atoms with Crippen LogP contribution >= 0.6 is 11.3 Å². The Bertz CT molecular complexity index is 749. The second-order valence-corrected chi connectivity index (χ2v) is 6.63. The molecule has 0 radical (unpaired) electrons. The number of nitrogens with zero attached hydrogens (tertiary/aromatic N) is 1. The van der Waals surface area contributed by atoms with Gasteiger partial charge in [0.05, 0.1) is 9.80 Å². The maximum absolute atomic E-state index is 13.3. The zero-order valence-corrected chi connectivity index (χ0v) is 13.1. The normalized spacial score (nSPS) is 14.0. The van der Waals surface area contributed by atoms with Crippen LogP contribution in [0.3, 0.4) is 0 Å². The number of nitrogens with one attached hydrogen (secondary N) is 1. The van der Waals surface area contributed by atoms with Crippen molar-refractivity contribution >= 4 is 28.6 Å².